The van der Waals surface area contributed by atoms with Gasteiger partial charge in [0.1, 0.15) is 0 Å². The van der Waals surface area contributed by atoms with E-state index in [1.807, 2.05) is 0 Å². The molecule has 0 radical (unpaired) electrons. The molecule has 1 rings (SSSR count). The summed E-state index contributed by atoms with van der Waals surface area (Å²) in [7, 11) is 2.13. The molecule has 1 saturated heterocycles. The van der Waals surface area contributed by atoms with Crippen molar-refractivity contribution in [2.45, 2.75) is 53.4 Å². The van der Waals surface area contributed by atoms with Crippen LogP contribution in [0.15, 0.2) is 0 Å². The summed E-state index contributed by atoms with van der Waals surface area (Å²) in [5.74, 6) is 1.87. The number of hydrogen-bond donors (Lipinski definition) is 0. The van der Waals surface area contributed by atoms with E-state index in [9.17, 15) is 4.79 Å². The van der Waals surface area contributed by atoms with E-state index >= 15 is 0 Å². The van der Waals surface area contributed by atoms with Gasteiger partial charge < -0.3 is 9.80 Å². The van der Waals surface area contributed by atoms with Crippen LogP contribution in [0.25, 0.3) is 0 Å². The number of carbonyl (C=O) groups is 1. The van der Waals surface area contributed by atoms with Crippen LogP contribution in [0, 0.1) is 17.8 Å². The first-order valence-corrected chi connectivity index (χ1v) is 8.39. The van der Waals surface area contributed by atoms with Gasteiger partial charge in [-0.3, -0.25) is 4.79 Å². The molecule has 1 amide bonds. The summed E-state index contributed by atoms with van der Waals surface area (Å²) in [6, 6.07) is 0. The normalized spacial score (nSPS) is 18.9. The number of unbranched alkanes of at least 4 members (excludes halogenated alkanes) is 1. The minimum Gasteiger partial charge on any atom is -0.340 e. The fourth-order valence-corrected chi connectivity index (χ4v) is 2.92. The van der Waals surface area contributed by atoms with Crippen LogP contribution in [0.3, 0.4) is 0 Å². The minimum atomic E-state index is 0.227. The monoisotopic (exact) mass is 282 g/mol. The van der Waals surface area contributed by atoms with Crippen molar-refractivity contribution in [1.29, 1.82) is 0 Å². The summed E-state index contributed by atoms with van der Waals surface area (Å²) in [6.07, 6.45) is 4.81. The SMILES string of the molecule is CC(C)CCCCC(C(=O)N1CCN(C)CC1)C(C)C. The zero-order valence-corrected chi connectivity index (χ0v) is 14.2. The van der Waals surface area contributed by atoms with Crippen molar-refractivity contribution in [3.63, 3.8) is 0 Å². The van der Waals surface area contributed by atoms with E-state index < -0.39 is 0 Å². The number of likely N-dealkylation sites (N-methyl/N-ethyl adjacent to an activating group) is 1. The van der Waals surface area contributed by atoms with Crippen molar-refractivity contribution in [3.05, 3.63) is 0 Å². The second-order valence-corrected chi connectivity index (χ2v) is 7.16. The maximum Gasteiger partial charge on any atom is 0.226 e. The first-order valence-electron chi connectivity index (χ1n) is 8.39. The number of amides is 1. The highest BCUT2D eigenvalue weighted by Gasteiger charge is 2.28. The fraction of sp³-hybridized carbons (Fsp3) is 0.941. The van der Waals surface area contributed by atoms with Gasteiger partial charge in [-0.05, 0) is 25.3 Å². The highest BCUT2D eigenvalue weighted by Crippen LogP contribution is 2.23. The summed E-state index contributed by atoms with van der Waals surface area (Å²) < 4.78 is 0. The molecule has 1 heterocycles. The van der Waals surface area contributed by atoms with Gasteiger partial charge in [-0.15, -0.1) is 0 Å². The molecule has 0 saturated carbocycles. The largest absolute Gasteiger partial charge is 0.340 e. The van der Waals surface area contributed by atoms with E-state index in [2.05, 4.69) is 44.5 Å². The van der Waals surface area contributed by atoms with Gasteiger partial charge in [-0.25, -0.2) is 0 Å². The molecule has 0 aromatic rings. The Bertz CT molecular complexity index is 281. The molecule has 0 aromatic heterocycles. The van der Waals surface area contributed by atoms with Crippen molar-refractivity contribution in [3.8, 4) is 0 Å². The predicted molar refractivity (Wildman–Crippen MR) is 85.7 cm³/mol. The maximum atomic E-state index is 12.7. The van der Waals surface area contributed by atoms with Gasteiger partial charge in [-0.2, -0.15) is 0 Å². The maximum absolute atomic E-state index is 12.7. The molecule has 1 fully saturated rings. The third-order valence-electron chi connectivity index (χ3n) is 4.48. The van der Waals surface area contributed by atoms with E-state index in [0.717, 1.165) is 38.5 Å². The molecule has 1 unspecified atom stereocenters. The highest BCUT2D eigenvalue weighted by atomic mass is 16.2. The average Bonchev–Trinajstić information content (AvgIpc) is 2.38. The topological polar surface area (TPSA) is 23.6 Å². The smallest absolute Gasteiger partial charge is 0.226 e. The second-order valence-electron chi connectivity index (χ2n) is 7.16. The van der Waals surface area contributed by atoms with E-state index in [1.54, 1.807) is 0 Å². The zero-order valence-electron chi connectivity index (χ0n) is 14.2. The van der Waals surface area contributed by atoms with Gasteiger partial charge >= 0.3 is 0 Å². The van der Waals surface area contributed by atoms with Crippen molar-refractivity contribution < 1.29 is 4.79 Å². The third kappa shape index (κ3) is 5.82. The molecule has 0 aromatic carbocycles. The first-order chi connectivity index (χ1) is 9.41. The van der Waals surface area contributed by atoms with Crippen molar-refractivity contribution in [2.75, 3.05) is 33.2 Å². The molecule has 0 N–H and O–H groups in total. The van der Waals surface area contributed by atoms with Crippen LogP contribution in [0.1, 0.15) is 53.4 Å². The van der Waals surface area contributed by atoms with Gasteiger partial charge in [0, 0.05) is 32.1 Å². The number of carbonyl (C=O) groups excluding carboxylic acids is 1. The van der Waals surface area contributed by atoms with Gasteiger partial charge in [0.2, 0.25) is 5.91 Å². The molecule has 0 bridgehead atoms. The van der Waals surface area contributed by atoms with E-state index in [-0.39, 0.29) is 5.92 Å². The minimum absolute atomic E-state index is 0.227. The molecule has 1 atom stereocenters. The zero-order chi connectivity index (χ0) is 15.1. The van der Waals surface area contributed by atoms with Crippen molar-refractivity contribution in [1.82, 2.24) is 9.80 Å². The highest BCUT2D eigenvalue weighted by molar-refractivity contribution is 5.79. The van der Waals surface area contributed by atoms with Gasteiger partial charge in [0.25, 0.3) is 0 Å². The van der Waals surface area contributed by atoms with Gasteiger partial charge in [0.15, 0.2) is 0 Å². The van der Waals surface area contributed by atoms with E-state index in [4.69, 9.17) is 0 Å². The standard InChI is InChI=1S/C17H34N2O/c1-14(2)8-6-7-9-16(15(3)4)17(20)19-12-10-18(5)11-13-19/h14-16H,6-13H2,1-5H3. The molecule has 20 heavy (non-hydrogen) atoms. The van der Waals surface area contributed by atoms with Crippen LogP contribution in [-0.4, -0.2) is 48.9 Å². The Morgan fingerprint density at radius 1 is 0.950 bits per heavy atom. The van der Waals surface area contributed by atoms with Crippen molar-refractivity contribution in [2.24, 2.45) is 17.8 Å². The van der Waals surface area contributed by atoms with E-state index in [1.165, 1.54) is 19.3 Å². The molecule has 1 aliphatic rings. The van der Waals surface area contributed by atoms with Crippen molar-refractivity contribution >= 4 is 5.91 Å². The molecule has 1 aliphatic heterocycles. The van der Waals surface area contributed by atoms with Crippen LogP contribution in [0.2, 0.25) is 0 Å². The van der Waals surface area contributed by atoms with Crippen LogP contribution in [0.4, 0.5) is 0 Å². The molecule has 0 aliphatic carbocycles. The predicted octanol–water partition coefficient (Wildman–Crippen LogP) is 3.25. The lowest BCUT2D eigenvalue weighted by Gasteiger charge is -2.35. The number of piperazine rings is 1. The summed E-state index contributed by atoms with van der Waals surface area (Å²) in [5, 5.41) is 0. The van der Waals surface area contributed by atoms with Gasteiger partial charge in [0.05, 0.1) is 0 Å². The molecular weight excluding hydrogens is 248 g/mol. The number of nitrogens with zero attached hydrogens (tertiary/aromatic N) is 2. The molecule has 0 spiro atoms. The first kappa shape index (κ1) is 17.5. The Morgan fingerprint density at radius 2 is 1.50 bits per heavy atom. The Morgan fingerprint density at radius 3 is 2.00 bits per heavy atom. The lowest BCUT2D eigenvalue weighted by Crippen LogP contribution is -2.49. The van der Waals surface area contributed by atoms with Crippen LogP contribution >= 0.6 is 0 Å². The fourth-order valence-electron chi connectivity index (χ4n) is 2.92. The molecule has 118 valence electrons. The Balaban J connectivity index is 2.42. The molecule has 3 nitrogen and oxygen atoms in total. The van der Waals surface area contributed by atoms with Crippen LogP contribution in [-0.2, 0) is 4.79 Å². The summed E-state index contributed by atoms with van der Waals surface area (Å²) in [4.78, 5) is 17.1. The quantitative estimate of drug-likeness (QED) is 0.669. The van der Waals surface area contributed by atoms with E-state index in [0.29, 0.717) is 11.8 Å². The Labute approximate surface area is 125 Å². The second kappa shape index (κ2) is 8.66. The van der Waals surface area contributed by atoms with Crippen LogP contribution in [0.5, 0.6) is 0 Å². The van der Waals surface area contributed by atoms with Gasteiger partial charge in [-0.1, -0.05) is 47.0 Å². The molecular formula is C17H34N2O. The lowest BCUT2D eigenvalue weighted by molar-refractivity contribution is -0.138. The number of rotatable bonds is 7. The van der Waals surface area contributed by atoms with Crippen LogP contribution < -0.4 is 0 Å². The summed E-state index contributed by atoms with van der Waals surface area (Å²) in [6.45, 7) is 12.8. The number of hydrogen-bond acceptors (Lipinski definition) is 2. The average molecular weight is 282 g/mol. The summed E-state index contributed by atoms with van der Waals surface area (Å²) in [5.41, 5.74) is 0. The molecule has 3 heteroatoms. The lowest BCUT2D eigenvalue weighted by atomic mass is 9.88. The Hall–Kier alpha value is -0.570. The Kier molecular flexibility index (Phi) is 7.57. The third-order valence-corrected chi connectivity index (χ3v) is 4.48. The summed E-state index contributed by atoms with van der Waals surface area (Å²) >= 11 is 0.